The summed E-state index contributed by atoms with van der Waals surface area (Å²) >= 11 is 0. The zero-order valence-electron chi connectivity index (χ0n) is 13.4. The summed E-state index contributed by atoms with van der Waals surface area (Å²) in [7, 11) is 1.66. The van der Waals surface area contributed by atoms with E-state index in [9.17, 15) is 4.79 Å². The van der Waals surface area contributed by atoms with Crippen molar-refractivity contribution in [2.45, 2.75) is 19.4 Å². The van der Waals surface area contributed by atoms with Crippen LogP contribution in [0.25, 0.3) is 10.9 Å². The fourth-order valence-corrected chi connectivity index (χ4v) is 4.11. The van der Waals surface area contributed by atoms with Gasteiger partial charge in [-0.1, -0.05) is 24.3 Å². The summed E-state index contributed by atoms with van der Waals surface area (Å²) in [5.41, 5.74) is 0.980. The second kappa shape index (κ2) is 5.76. The van der Waals surface area contributed by atoms with Gasteiger partial charge in [-0.15, -0.1) is 0 Å². The first-order chi connectivity index (χ1) is 11.2. The Labute approximate surface area is 136 Å². The molecule has 3 atom stereocenters. The molecular formula is C19H22N2O2. The molecule has 0 aliphatic heterocycles. The van der Waals surface area contributed by atoms with Gasteiger partial charge in [0.05, 0.1) is 12.6 Å². The molecule has 4 rings (SSSR count). The number of hydrogen-bond donors (Lipinski definition) is 1. The molecule has 120 valence electrons. The molecule has 1 fully saturated rings. The normalized spacial score (nSPS) is 25.2. The number of para-hydroxylation sites is 1. The van der Waals surface area contributed by atoms with E-state index in [0.29, 0.717) is 18.4 Å². The average molecular weight is 310 g/mol. The molecule has 1 amide bonds. The van der Waals surface area contributed by atoms with Crippen molar-refractivity contribution in [2.24, 2.45) is 17.8 Å². The van der Waals surface area contributed by atoms with Crippen molar-refractivity contribution in [1.29, 1.82) is 0 Å². The lowest BCUT2D eigenvalue weighted by molar-refractivity contribution is -0.121. The lowest BCUT2D eigenvalue weighted by Gasteiger charge is -2.18. The zero-order valence-corrected chi connectivity index (χ0v) is 13.4. The average Bonchev–Trinajstić information content (AvgIpc) is 3.28. The van der Waals surface area contributed by atoms with Crippen LogP contribution in [0.1, 0.15) is 12.8 Å². The van der Waals surface area contributed by atoms with Crippen LogP contribution in [0.3, 0.4) is 0 Å². The third kappa shape index (κ3) is 2.62. The Morgan fingerprint density at radius 3 is 2.96 bits per heavy atom. The number of amides is 1. The monoisotopic (exact) mass is 310 g/mol. The molecule has 0 saturated heterocycles. The lowest BCUT2D eigenvalue weighted by atomic mass is 9.94. The van der Waals surface area contributed by atoms with E-state index in [0.717, 1.165) is 29.1 Å². The number of fused-ring (bicyclic) bond motifs is 3. The van der Waals surface area contributed by atoms with Crippen molar-refractivity contribution in [3.8, 4) is 5.75 Å². The molecule has 2 aromatic rings. The Hall–Kier alpha value is -2.23. The van der Waals surface area contributed by atoms with Crippen molar-refractivity contribution in [1.82, 2.24) is 9.88 Å². The molecule has 2 aliphatic carbocycles. The van der Waals surface area contributed by atoms with Gasteiger partial charge in [0, 0.05) is 18.1 Å². The van der Waals surface area contributed by atoms with E-state index in [1.54, 1.807) is 7.11 Å². The zero-order chi connectivity index (χ0) is 15.8. The van der Waals surface area contributed by atoms with E-state index in [-0.39, 0.29) is 5.91 Å². The Bertz CT molecular complexity index is 762. The third-order valence-electron chi connectivity index (χ3n) is 5.26. The number of nitrogens with one attached hydrogen (secondary N) is 1. The number of methoxy groups -OCH3 is 1. The van der Waals surface area contributed by atoms with Crippen molar-refractivity contribution in [3.05, 3.63) is 42.6 Å². The first-order valence-electron chi connectivity index (χ1n) is 8.31. The van der Waals surface area contributed by atoms with Crippen molar-refractivity contribution in [2.75, 3.05) is 13.7 Å². The molecule has 1 N–H and O–H groups in total. The Morgan fingerprint density at radius 1 is 1.30 bits per heavy atom. The standard InChI is InChI=1S/C19H22N2O2/c1-23-17-4-2-3-14-7-8-21(19(14)17)12-18(22)20-11-16-10-13-5-6-15(16)9-13/h2-8,13,15-16H,9-12H2,1H3,(H,20,22)/t13-,15-,16+/m0/s1. The van der Waals surface area contributed by atoms with Crippen LogP contribution in [-0.2, 0) is 11.3 Å². The minimum Gasteiger partial charge on any atom is -0.495 e. The summed E-state index contributed by atoms with van der Waals surface area (Å²) in [4.78, 5) is 12.3. The summed E-state index contributed by atoms with van der Waals surface area (Å²) in [6.07, 6.45) is 9.12. The van der Waals surface area contributed by atoms with Crippen LogP contribution in [0.4, 0.5) is 0 Å². The molecule has 1 aromatic heterocycles. The lowest BCUT2D eigenvalue weighted by Crippen LogP contribution is -2.33. The van der Waals surface area contributed by atoms with Crippen LogP contribution in [0.5, 0.6) is 5.75 Å². The number of aromatic nitrogens is 1. The predicted molar refractivity (Wildman–Crippen MR) is 90.3 cm³/mol. The van der Waals surface area contributed by atoms with E-state index in [1.807, 2.05) is 35.0 Å². The quantitative estimate of drug-likeness (QED) is 0.863. The first kappa shape index (κ1) is 14.4. The smallest absolute Gasteiger partial charge is 0.239 e. The molecule has 0 spiro atoms. The van der Waals surface area contributed by atoms with Gasteiger partial charge >= 0.3 is 0 Å². The van der Waals surface area contributed by atoms with Gasteiger partial charge in [-0.05, 0) is 42.7 Å². The molecule has 2 aliphatic rings. The van der Waals surface area contributed by atoms with E-state index in [4.69, 9.17) is 4.74 Å². The Kier molecular flexibility index (Phi) is 3.60. The van der Waals surface area contributed by atoms with E-state index in [2.05, 4.69) is 17.5 Å². The number of hydrogen-bond acceptors (Lipinski definition) is 2. The topological polar surface area (TPSA) is 43.3 Å². The van der Waals surface area contributed by atoms with Crippen LogP contribution in [-0.4, -0.2) is 24.1 Å². The second-order valence-corrected chi connectivity index (χ2v) is 6.69. The highest BCUT2D eigenvalue weighted by atomic mass is 16.5. The van der Waals surface area contributed by atoms with E-state index in [1.165, 1.54) is 12.8 Å². The highest BCUT2D eigenvalue weighted by Gasteiger charge is 2.35. The molecule has 1 heterocycles. The Morgan fingerprint density at radius 2 is 2.22 bits per heavy atom. The van der Waals surface area contributed by atoms with Gasteiger partial charge in [-0.2, -0.15) is 0 Å². The number of benzene rings is 1. The van der Waals surface area contributed by atoms with Crippen LogP contribution in [0, 0.1) is 17.8 Å². The minimum absolute atomic E-state index is 0.0696. The maximum atomic E-state index is 12.3. The second-order valence-electron chi connectivity index (χ2n) is 6.69. The number of carbonyl (C=O) groups is 1. The van der Waals surface area contributed by atoms with Gasteiger partial charge in [-0.3, -0.25) is 4.79 Å². The number of carbonyl (C=O) groups excluding carboxylic acids is 1. The number of ether oxygens (including phenoxy) is 1. The highest BCUT2D eigenvalue weighted by Crippen LogP contribution is 2.42. The molecule has 0 radical (unpaired) electrons. The third-order valence-corrected chi connectivity index (χ3v) is 5.26. The van der Waals surface area contributed by atoms with Gasteiger partial charge < -0.3 is 14.6 Å². The number of rotatable bonds is 5. The summed E-state index contributed by atoms with van der Waals surface area (Å²) < 4.78 is 7.39. The van der Waals surface area contributed by atoms with E-state index < -0.39 is 0 Å². The SMILES string of the molecule is COc1cccc2ccn(CC(=O)NC[C@H]3C[C@H]4C=C[C@H]3C4)c12. The molecule has 4 heteroatoms. The molecule has 4 nitrogen and oxygen atoms in total. The van der Waals surface area contributed by atoms with Gasteiger partial charge in [0.15, 0.2) is 0 Å². The number of allylic oxidation sites excluding steroid dienone is 2. The van der Waals surface area contributed by atoms with Crippen molar-refractivity contribution < 1.29 is 9.53 Å². The maximum absolute atomic E-state index is 12.3. The van der Waals surface area contributed by atoms with Gasteiger partial charge in [0.25, 0.3) is 0 Å². The summed E-state index contributed by atoms with van der Waals surface area (Å²) in [5.74, 6) is 2.91. The fraction of sp³-hybridized carbons (Fsp3) is 0.421. The van der Waals surface area contributed by atoms with Gasteiger partial charge in [0.1, 0.15) is 12.3 Å². The Balaban J connectivity index is 1.42. The fourth-order valence-electron chi connectivity index (χ4n) is 4.11. The largest absolute Gasteiger partial charge is 0.495 e. The molecule has 0 unspecified atom stereocenters. The van der Waals surface area contributed by atoms with Crippen LogP contribution >= 0.6 is 0 Å². The summed E-state index contributed by atoms with van der Waals surface area (Å²) in [5, 5.41) is 4.21. The van der Waals surface area contributed by atoms with Gasteiger partial charge in [-0.25, -0.2) is 0 Å². The van der Waals surface area contributed by atoms with Crippen LogP contribution < -0.4 is 10.1 Å². The molecular weight excluding hydrogens is 288 g/mol. The van der Waals surface area contributed by atoms with Crippen LogP contribution in [0.2, 0.25) is 0 Å². The maximum Gasteiger partial charge on any atom is 0.239 e. The highest BCUT2D eigenvalue weighted by molar-refractivity contribution is 5.87. The minimum atomic E-state index is 0.0696. The summed E-state index contributed by atoms with van der Waals surface area (Å²) in [6.45, 7) is 1.13. The number of nitrogens with zero attached hydrogens (tertiary/aromatic N) is 1. The van der Waals surface area contributed by atoms with E-state index >= 15 is 0 Å². The van der Waals surface area contributed by atoms with Crippen molar-refractivity contribution in [3.63, 3.8) is 0 Å². The van der Waals surface area contributed by atoms with Crippen LogP contribution in [0.15, 0.2) is 42.6 Å². The van der Waals surface area contributed by atoms with Gasteiger partial charge in [0.2, 0.25) is 5.91 Å². The van der Waals surface area contributed by atoms with Crippen molar-refractivity contribution >= 4 is 16.8 Å². The molecule has 23 heavy (non-hydrogen) atoms. The summed E-state index contributed by atoms with van der Waals surface area (Å²) in [6, 6.07) is 7.95. The molecule has 1 saturated carbocycles. The first-order valence-corrected chi connectivity index (χ1v) is 8.31. The molecule has 1 aromatic carbocycles. The predicted octanol–water partition coefficient (Wildman–Crippen LogP) is 2.98. The molecule has 2 bridgehead atoms.